The number of carbonyl (C=O) groups excluding carboxylic acids is 1. The summed E-state index contributed by atoms with van der Waals surface area (Å²) in [7, 11) is 0. The second kappa shape index (κ2) is 4.98. The summed E-state index contributed by atoms with van der Waals surface area (Å²) in [6, 6.07) is 5.91. The number of carbonyl (C=O) groups is 1. The molecule has 0 fully saturated rings. The zero-order valence-electron chi connectivity index (χ0n) is 10.1. The molecular formula is C14H15NO2S. The molecule has 0 unspecified atom stereocenters. The number of fused-ring (bicyclic) bond motifs is 1. The summed E-state index contributed by atoms with van der Waals surface area (Å²) in [6.45, 7) is 1.63. The fourth-order valence-electron chi connectivity index (χ4n) is 2.30. The number of furan rings is 1. The summed E-state index contributed by atoms with van der Waals surface area (Å²) in [5, 5.41) is 2.11. The second-order valence-corrected chi connectivity index (χ2v) is 5.51. The van der Waals surface area contributed by atoms with Crippen molar-refractivity contribution in [3.05, 3.63) is 46.0 Å². The van der Waals surface area contributed by atoms with Gasteiger partial charge >= 0.3 is 0 Å². The molecule has 0 N–H and O–H groups in total. The molecule has 0 radical (unpaired) electrons. The van der Waals surface area contributed by atoms with Gasteiger partial charge in [-0.25, -0.2) is 0 Å². The molecule has 1 amide bonds. The van der Waals surface area contributed by atoms with Gasteiger partial charge in [-0.3, -0.25) is 4.79 Å². The number of hydrogen-bond donors (Lipinski definition) is 0. The molecule has 0 spiro atoms. The molecule has 0 bridgehead atoms. The zero-order chi connectivity index (χ0) is 12.4. The smallest absolute Gasteiger partial charge is 0.223 e. The Hall–Kier alpha value is -1.55. The molecule has 0 aliphatic carbocycles. The highest BCUT2D eigenvalue weighted by Gasteiger charge is 2.21. The first-order valence-electron chi connectivity index (χ1n) is 6.18. The van der Waals surface area contributed by atoms with Gasteiger partial charge in [0.15, 0.2) is 0 Å². The lowest BCUT2D eigenvalue weighted by Crippen LogP contribution is -2.35. The van der Waals surface area contributed by atoms with Crippen molar-refractivity contribution < 1.29 is 9.21 Å². The summed E-state index contributed by atoms with van der Waals surface area (Å²) >= 11 is 1.80. The summed E-state index contributed by atoms with van der Waals surface area (Å²) in [6.07, 6.45) is 3.88. The lowest BCUT2D eigenvalue weighted by Gasteiger charge is -2.27. The molecule has 1 aliphatic heterocycles. The highest BCUT2D eigenvalue weighted by atomic mass is 32.1. The van der Waals surface area contributed by atoms with E-state index in [1.807, 2.05) is 17.0 Å². The van der Waals surface area contributed by atoms with Crippen molar-refractivity contribution >= 4 is 17.2 Å². The molecule has 3 rings (SSSR count). The third-order valence-electron chi connectivity index (χ3n) is 3.33. The van der Waals surface area contributed by atoms with Crippen LogP contribution in [-0.2, 0) is 24.2 Å². The van der Waals surface area contributed by atoms with Gasteiger partial charge in [-0.15, -0.1) is 11.3 Å². The third-order valence-corrected chi connectivity index (χ3v) is 4.35. The topological polar surface area (TPSA) is 33.5 Å². The molecule has 0 aromatic carbocycles. The maximum atomic E-state index is 12.1. The Balaban J connectivity index is 1.57. The molecule has 0 saturated carbocycles. The van der Waals surface area contributed by atoms with Gasteiger partial charge in [0.25, 0.3) is 0 Å². The van der Waals surface area contributed by atoms with Gasteiger partial charge < -0.3 is 9.32 Å². The van der Waals surface area contributed by atoms with Crippen LogP contribution in [0.1, 0.15) is 22.6 Å². The predicted molar refractivity (Wildman–Crippen MR) is 70.5 cm³/mol. The Kier molecular flexibility index (Phi) is 3.19. The first kappa shape index (κ1) is 11.5. The lowest BCUT2D eigenvalue weighted by atomic mass is 10.1. The van der Waals surface area contributed by atoms with Gasteiger partial charge in [-0.05, 0) is 35.6 Å². The summed E-state index contributed by atoms with van der Waals surface area (Å²) < 4.78 is 5.25. The molecular weight excluding hydrogens is 246 g/mol. The van der Waals surface area contributed by atoms with E-state index in [0.717, 1.165) is 25.3 Å². The van der Waals surface area contributed by atoms with Crippen LogP contribution in [0.15, 0.2) is 34.3 Å². The number of thiophene rings is 1. The molecule has 3 nitrogen and oxygen atoms in total. The SMILES string of the molecule is O=C(CCc1ccco1)N1CCc2sccc2C1. The Morgan fingerprint density at radius 1 is 1.44 bits per heavy atom. The zero-order valence-corrected chi connectivity index (χ0v) is 10.9. The maximum absolute atomic E-state index is 12.1. The van der Waals surface area contributed by atoms with Crippen molar-refractivity contribution in [1.29, 1.82) is 0 Å². The quantitative estimate of drug-likeness (QED) is 0.851. The fraction of sp³-hybridized carbons (Fsp3) is 0.357. The minimum Gasteiger partial charge on any atom is -0.469 e. The van der Waals surface area contributed by atoms with E-state index >= 15 is 0 Å². The van der Waals surface area contributed by atoms with Crippen molar-refractivity contribution in [2.24, 2.45) is 0 Å². The van der Waals surface area contributed by atoms with Crippen LogP contribution >= 0.6 is 11.3 Å². The summed E-state index contributed by atoms with van der Waals surface area (Å²) in [4.78, 5) is 15.5. The minimum atomic E-state index is 0.225. The van der Waals surface area contributed by atoms with Crippen LogP contribution in [-0.4, -0.2) is 17.4 Å². The number of aryl methyl sites for hydroxylation is 1. The third kappa shape index (κ3) is 2.34. The molecule has 4 heteroatoms. The van der Waals surface area contributed by atoms with E-state index in [1.165, 1.54) is 10.4 Å². The Morgan fingerprint density at radius 3 is 3.22 bits per heavy atom. The van der Waals surface area contributed by atoms with Gasteiger partial charge in [-0.1, -0.05) is 0 Å². The van der Waals surface area contributed by atoms with Crippen molar-refractivity contribution in [2.75, 3.05) is 6.54 Å². The molecule has 0 saturated heterocycles. The van der Waals surface area contributed by atoms with Crippen LogP contribution in [0.25, 0.3) is 0 Å². The van der Waals surface area contributed by atoms with Gasteiger partial charge in [0.2, 0.25) is 5.91 Å². The molecule has 1 aliphatic rings. The molecule has 0 atom stereocenters. The second-order valence-electron chi connectivity index (χ2n) is 4.51. The molecule has 18 heavy (non-hydrogen) atoms. The number of hydrogen-bond acceptors (Lipinski definition) is 3. The fourth-order valence-corrected chi connectivity index (χ4v) is 3.19. The Bertz CT molecular complexity index is 530. The Labute approximate surface area is 110 Å². The van der Waals surface area contributed by atoms with E-state index in [4.69, 9.17) is 4.42 Å². The summed E-state index contributed by atoms with van der Waals surface area (Å²) in [5.41, 5.74) is 1.32. The van der Waals surface area contributed by atoms with Crippen LogP contribution in [0.5, 0.6) is 0 Å². The van der Waals surface area contributed by atoms with E-state index in [-0.39, 0.29) is 5.91 Å². The van der Waals surface area contributed by atoms with E-state index in [0.29, 0.717) is 12.8 Å². The Morgan fingerprint density at radius 2 is 2.39 bits per heavy atom. The number of rotatable bonds is 3. The highest BCUT2D eigenvalue weighted by molar-refractivity contribution is 7.10. The van der Waals surface area contributed by atoms with Crippen molar-refractivity contribution in [3.8, 4) is 0 Å². The van der Waals surface area contributed by atoms with Gasteiger partial charge in [-0.2, -0.15) is 0 Å². The van der Waals surface area contributed by atoms with Crippen LogP contribution in [0.4, 0.5) is 0 Å². The van der Waals surface area contributed by atoms with Gasteiger partial charge in [0.1, 0.15) is 5.76 Å². The molecule has 3 heterocycles. The van der Waals surface area contributed by atoms with E-state index in [9.17, 15) is 4.79 Å². The van der Waals surface area contributed by atoms with E-state index in [2.05, 4.69) is 11.4 Å². The van der Waals surface area contributed by atoms with Crippen molar-refractivity contribution in [2.45, 2.75) is 25.8 Å². The number of nitrogens with zero attached hydrogens (tertiary/aromatic N) is 1. The first-order chi connectivity index (χ1) is 8.83. The average molecular weight is 261 g/mol. The summed E-state index contributed by atoms with van der Waals surface area (Å²) in [5.74, 6) is 1.11. The largest absolute Gasteiger partial charge is 0.469 e. The number of amides is 1. The predicted octanol–water partition coefficient (Wildman–Crippen LogP) is 2.86. The van der Waals surface area contributed by atoms with Crippen LogP contribution in [0.3, 0.4) is 0 Å². The van der Waals surface area contributed by atoms with Crippen LogP contribution in [0, 0.1) is 0 Å². The standard InChI is InChI=1S/C14H15NO2S/c16-14(4-3-12-2-1-8-17-12)15-7-5-13-11(10-15)6-9-18-13/h1-2,6,8-9H,3-5,7,10H2. The normalized spacial score (nSPS) is 14.6. The molecule has 94 valence electrons. The van der Waals surface area contributed by atoms with Crippen LogP contribution < -0.4 is 0 Å². The minimum absolute atomic E-state index is 0.225. The van der Waals surface area contributed by atoms with Gasteiger partial charge in [0, 0.05) is 30.8 Å². The monoisotopic (exact) mass is 261 g/mol. The average Bonchev–Trinajstić information content (AvgIpc) is 3.05. The molecule has 2 aromatic heterocycles. The van der Waals surface area contributed by atoms with Crippen molar-refractivity contribution in [1.82, 2.24) is 4.90 Å². The lowest BCUT2D eigenvalue weighted by molar-refractivity contribution is -0.132. The van der Waals surface area contributed by atoms with E-state index in [1.54, 1.807) is 17.6 Å². The maximum Gasteiger partial charge on any atom is 0.223 e. The first-order valence-corrected chi connectivity index (χ1v) is 7.06. The highest BCUT2D eigenvalue weighted by Crippen LogP contribution is 2.24. The van der Waals surface area contributed by atoms with E-state index < -0.39 is 0 Å². The van der Waals surface area contributed by atoms with Crippen LogP contribution in [0.2, 0.25) is 0 Å². The van der Waals surface area contributed by atoms with Gasteiger partial charge in [0.05, 0.1) is 6.26 Å². The molecule has 2 aromatic rings. The van der Waals surface area contributed by atoms with Crippen molar-refractivity contribution in [3.63, 3.8) is 0 Å².